The average Bonchev–Trinajstić information content (AvgIpc) is 2.54. The van der Waals surface area contributed by atoms with E-state index in [1.54, 1.807) is 0 Å². The Labute approximate surface area is 146 Å². The van der Waals surface area contributed by atoms with Gasteiger partial charge in [0.15, 0.2) is 0 Å². The highest BCUT2D eigenvalue weighted by molar-refractivity contribution is 5.94. The van der Waals surface area contributed by atoms with E-state index >= 15 is 0 Å². The van der Waals surface area contributed by atoms with Crippen LogP contribution in [0.4, 0.5) is 0 Å². The van der Waals surface area contributed by atoms with Crippen LogP contribution in [0.3, 0.4) is 0 Å². The second-order valence-corrected chi connectivity index (χ2v) is 6.32. The molecule has 1 aliphatic rings. The van der Waals surface area contributed by atoms with Gasteiger partial charge < -0.3 is 15.0 Å². The molecule has 0 radical (unpaired) electrons. The Morgan fingerprint density at radius 3 is 2.57 bits per heavy atom. The molecule has 1 amide bonds. The molecule has 1 aromatic carbocycles. The Balaban J connectivity index is 0.00000264. The molecular formula is C18H29ClN2O2. The third-order valence-electron chi connectivity index (χ3n) is 4.72. The van der Waals surface area contributed by atoms with Crippen molar-refractivity contribution in [3.8, 4) is 5.75 Å². The zero-order valence-corrected chi connectivity index (χ0v) is 15.2. The highest BCUT2D eigenvalue weighted by atomic mass is 35.5. The van der Waals surface area contributed by atoms with E-state index < -0.39 is 0 Å². The fraction of sp³-hybridized carbons (Fsp3) is 0.611. The molecule has 2 rings (SSSR count). The van der Waals surface area contributed by atoms with Gasteiger partial charge in [0, 0.05) is 17.6 Å². The number of carbonyl (C=O) groups excluding carboxylic acids is 1. The maximum absolute atomic E-state index is 12.4. The Morgan fingerprint density at radius 2 is 1.96 bits per heavy atom. The van der Waals surface area contributed by atoms with Gasteiger partial charge in [-0.1, -0.05) is 25.3 Å². The van der Waals surface area contributed by atoms with Crippen LogP contribution in [0.15, 0.2) is 24.3 Å². The number of benzene rings is 1. The smallest absolute Gasteiger partial charge is 0.251 e. The van der Waals surface area contributed by atoms with Crippen molar-refractivity contribution in [2.75, 3.05) is 27.2 Å². The third kappa shape index (κ3) is 5.11. The summed E-state index contributed by atoms with van der Waals surface area (Å²) in [6, 6.07) is 7.38. The maximum atomic E-state index is 12.4. The monoisotopic (exact) mass is 340 g/mol. The van der Waals surface area contributed by atoms with Crippen LogP contribution in [0.5, 0.6) is 5.75 Å². The summed E-state index contributed by atoms with van der Waals surface area (Å²) < 4.78 is 5.46. The lowest BCUT2D eigenvalue weighted by molar-refractivity contribution is 0.0799. The Bertz CT molecular complexity index is 500. The van der Waals surface area contributed by atoms with Gasteiger partial charge in [-0.2, -0.15) is 0 Å². The minimum Gasteiger partial charge on any atom is -0.494 e. The minimum absolute atomic E-state index is 0. The van der Waals surface area contributed by atoms with Gasteiger partial charge in [0.2, 0.25) is 0 Å². The molecule has 1 saturated carbocycles. The van der Waals surface area contributed by atoms with Gasteiger partial charge in [-0.3, -0.25) is 4.79 Å². The lowest BCUT2D eigenvalue weighted by Gasteiger charge is -2.43. The summed E-state index contributed by atoms with van der Waals surface area (Å²) in [5, 5.41) is 3.12. The number of hydrogen-bond acceptors (Lipinski definition) is 3. The number of nitrogens with one attached hydrogen (secondary N) is 1. The number of likely N-dealkylation sites (N-methyl/N-ethyl adjacent to an activating group) is 1. The molecule has 1 fully saturated rings. The summed E-state index contributed by atoms with van der Waals surface area (Å²) in [7, 11) is 4.24. The molecule has 1 aromatic rings. The van der Waals surface area contributed by atoms with Gasteiger partial charge in [-0.05, 0) is 52.1 Å². The number of rotatable bonds is 6. The third-order valence-corrected chi connectivity index (χ3v) is 4.72. The number of halogens is 1. The molecule has 130 valence electrons. The topological polar surface area (TPSA) is 41.6 Å². The zero-order chi connectivity index (χ0) is 16.0. The molecule has 0 heterocycles. The van der Waals surface area contributed by atoms with E-state index in [2.05, 4.69) is 24.3 Å². The van der Waals surface area contributed by atoms with E-state index in [4.69, 9.17) is 4.74 Å². The first kappa shape index (κ1) is 19.8. The second kappa shape index (κ2) is 9.14. The SMILES string of the molecule is CCOc1cccc(C(=O)NCC2(N(C)C)CCCCC2)c1.Cl. The highest BCUT2D eigenvalue weighted by Gasteiger charge is 2.34. The molecule has 0 saturated heterocycles. The zero-order valence-electron chi connectivity index (χ0n) is 14.4. The van der Waals surface area contributed by atoms with Crippen LogP contribution >= 0.6 is 12.4 Å². The van der Waals surface area contributed by atoms with E-state index in [1.165, 1.54) is 19.3 Å². The number of amides is 1. The lowest BCUT2D eigenvalue weighted by Crippen LogP contribution is -2.53. The Kier molecular flexibility index (Phi) is 7.86. The number of nitrogens with zero attached hydrogens (tertiary/aromatic N) is 1. The van der Waals surface area contributed by atoms with Crippen LogP contribution in [0.1, 0.15) is 49.4 Å². The largest absolute Gasteiger partial charge is 0.494 e. The number of hydrogen-bond donors (Lipinski definition) is 1. The maximum Gasteiger partial charge on any atom is 0.251 e. The average molecular weight is 341 g/mol. The van der Waals surface area contributed by atoms with Gasteiger partial charge in [0.05, 0.1) is 6.61 Å². The van der Waals surface area contributed by atoms with Crippen LogP contribution in [-0.2, 0) is 0 Å². The van der Waals surface area contributed by atoms with Crippen molar-refractivity contribution in [3.63, 3.8) is 0 Å². The first-order valence-electron chi connectivity index (χ1n) is 8.26. The van der Waals surface area contributed by atoms with Crippen molar-refractivity contribution < 1.29 is 9.53 Å². The van der Waals surface area contributed by atoms with Gasteiger partial charge >= 0.3 is 0 Å². The van der Waals surface area contributed by atoms with Crippen LogP contribution in [0.25, 0.3) is 0 Å². The van der Waals surface area contributed by atoms with Crippen molar-refractivity contribution >= 4 is 18.3 Å². The van der Waals surface area contributed by atoms with E-state index in [0.29, 0.717) is 18.7 Å². The summed E-state index contributed by atoms with van der Waals surface area (Å²) in [6.07, 6.45) is 6.10. The molecule has 23 heavy (non-hydrogen) atoms. The summed E-state index contributed by atoms with van der Waals surface area (Å²) >= 11 is 0. The molecule has 0 bridgehead atoms. The van der Waals surface area contributed by atoms with Crippen molar-refractivity contribution in [1.82, 2.24) is 10.2 Å². The molecule has 0 atom stereocenters. The van der Waals surface area contributed by atoms with Crippen LogP contribution in [-0.4, -0.2) is 43.6 Å². The molecule has 0 spiro atoms. The fourth-order valence-electron chi connectivity index (χ4n) is 3.23. The van der Waals surface area contributed by atoms with Gasteiger partial charge in [0.1, 0.15) is 5.75 Å². The summed E-state index contributed by atoms with van der Waals surface area (Å²) in [6.45, 7) is 3.25. The van der Waals surface area contributed by atoms with Crippen LogP contribution in [0, 0.1) is 0 Å². The highest BCUT2D eigenvalue weighted by Crippen LogP contribution is 2.31. The first-order chi connectivity index (χ1) is 10.6. The standard InChI is InChI=1S/C18H28N2O2.ClH/c1-4-22-16-10-8-9-15(13-16)17(21)19-14-18(20(2)3)11-6-5-7-12-18;/h8-10,13H,4-7,11-12,14H2,1-3H3,(H,19,21);1H. The normalized spacial score (nSPS) is 16.5. The van der Waals surface area contributed by atoms with E-state index in [0.717, 1.165) is 18.6 Å². The predicted molar refractivity (Wildman–Crippen MR) is 96.7 cm³/mol. The molecule has 4 nitrogen and oxygen atoms in total. The molecule has 0 aromatic heterocycles. The molecule has 0 aliphatic heterocycles. The van der Waals surface area contributed by atoms with Gasteiger partial charge in [-0.15, -0.1) is 12.4 Å². The number of carbonyl (C=O) groups is 1. The van der Waals surface area contributed by atoms with Gasteiger partial charge in [0.25, 0.3) is 5.91 Å². The van der Waals surface area contributed by atoms with Gasteiger partial charge in [-0.25, -0.2) is 0 Å². The fourth-order valence-corrected chi connectivity index (χ4v) is 3.23. The van der Waals surface area contributed by atoms with Crippen molar-refractivity contribution in [1.29, 1.82) is 0 Å². The lowest BCUT2D eigenvalue weighted by atomic mass is 9.80. The van der Waals surface area contributed by atoms with Crippen molar-refractivity contribution in [2.45, 2.75) is 44.6 Å². The molecule has 5 heteroatoms. The quantitative estimate of drug-likeness (QED) is 0.861. The predicted octanol–water partition coefficient (Wildman–Crippen LogP) is 3.50. The molecule has 1 N–H and O–H groups in total. The van der Waals surface area contributed by atoms with Crippen molar-refractivity contribution in [2.24, 2.45) is 0 Å². The van der Waals surface area contributed by atoms with Crippen LogP contribution < -0.4 is 10.1 Å². The molecule has 1 aliphatic carbocycles. The van der Waals surface area contributed by atoms with E-state index in [1.807, 2.05) is 31.2 Å². The summed E-state index contributed by atoms with van der Waals surface area (Å²) in [5.74, 6) is 0.725. The van der Waals surface area contributed by atoms with E-state index in [9.17, 15) is 4.79 Å². The molecular weight excluding hydrogens is 312 g/mol. The van der Waals surface area contributed by atoms with Crippen molar-refractivity contribution in [3.05, 3.63) is 29.8 Å². The minimum atomic E-state index is -0.0200. The molecule has 0 unspecified atom stereocenters. The van der Waals surface area contributed by atoms with Crippen LogP contribution in [0.2, 0.25) is 0 Å². The Hall–Kier alpha value is -1.26. The summed E-state index contributed by atoms with van der Waals surface area (Å²) in [5.41, 5.74) is 0.765. The summed E-state index contributed by atoms with van der Waals surface area (Å²) in [4.78, 5) is 14.7. The second-order valence-electron chi connectivity index (χ2n) is 6.32. The first-order valence-corrected chi connectivity index (χ1v) is 8.26. The van der Waals surface area contributed by atoms with E-state index in [-0.39, 0.29) is 23.9 Å². The Morgan fingerprint density at radius 1 is 1.26 bits per heavy atom. The number of ether oxygens (including phenoxy) is 1.